The average Bonchev–Trinajstić information content (AvgIpc) is 2.43. The zero-order chi connectivity index (χ0) is 14.7. The Balaban J connectivity index is 2.34. The van der Waals surface area contributed by atoms with Crippen LogP contribution in [0.1, 0.15) is 10.4 Å². The summed E-state index contributed by atoms with van der Waals surface area (Å²) in [6.45, 7) is 0. The van der Waals surface area contributed by atoms with Crippen LogP contribution in [0.25, 0.3) is 0 Å². The number of carbonyl (C=O) groups excluding carboxylic acids is 1. The number of rotatable bonds is 3. The number of methoxy groups -OCH3 is 1. The number of aromatic hydroxyl groups is 1. The van der Waals surface area contributed by atoms with E-state index in [9.17, 15) is 14.3 Å². The number of hydrogen-bond donors (Lipinski definition) is 2. The highest BCUT2D eigenvalue weighted by Gasteiger charge is 2.17. The van der Waals surface area contributed by atoms with E-state index in [1.54, 1.807) is 0 Å². The van der Waals surface area contributed by atoms with E-state index in [4.69, 9.17) is 16.3 Å². The molecule has 0 heterocycles. The van der Waals surface area contributed by atoms with Crippen molar-refractivity contribution >= 4 is 23.2 Å². The van der Waals surface area contributed by atoms with Gasteiger partial charge in [0.1, 0.15) is 5.82 Å². The maximum Gasteiger partial charge on any atom is 0.259 e. The van der Waals surface area contributed by atoms with Gasteiger partial charge in [-0.05, 0) is 24.3 Å². The number of benzene rings is 2. The highest BCUT2D eigenvalue weighted by Crippen LogP contribution is 2.31. The topological polar surface area (TPSA) is 58.6 Å². The van der Waals surface area contributed by atoms with Crippen LogP contribution in [0.4, 0.5) is 10.1 Å². The minimum atomic E-state index is -0.687. The second-order valence-corrected chi connectivity index (χ2v) is 4.31. The summed E-state index contributed by atoms with van der Waals surface area (Å²) in [5.74, 6) is -1.51. The summed E-state index contributed by atoms with van der Waals surface area (Å²) in [4.78, 5) is 12.1. The zero-order valence-corrected chi connectivity index (χ0v) is 11.2. The van der Waals surface area contributed by atoms with Crippen LogP contribution in [0.5, 0.6) is 11.5 Å². The predicted molar refractivity (Wildman–Crippen MR) is 74.0 cm³/mol. The van der Waals surface area contributed by atoms with E-state index in [2.05, 4.69) is 5.32 Å². The lowest BCUT2D eigenvalue weighted by Crippen LogP contribution is -2.13. The number of halogens is 2. The van der Waals surface area contributed by atoms with Gasteiger partial charge in [-0.25, -0.2) is 4.39 Å². The van der Waals surface area contributed by atoms with Gasteiger partial charge in [0.05, 0.1) is 23.4 Å². The summed E-state index contributed by atoms with van der Waals surface area (Å²) < 4.78 is 18.5. The fourth-order valence-corrected chi connectivity index (χ4v) is 1.88. The Morgan fingerprint density at radius 1 is 1.30 bits per heavy atom. The van der Waals surface area contributed by atoms with Crippen LogP contribution >= 0.6 is 11.6 Å². The van der Waals surface area contributed by atoms with Gasteiger partial charge in [-0.1, -0.05) is 23.7 Å². The Kier molecular flexibility index (Phi) is 4.10. The fourth-order valence-electron chi connectivity index (χ4n) is 1.67. The first-order chi connectivity index (χ1) is 9.54. The van der Waals surface area contributed by atoms with Crippen LogP contribution in [-0.4, -0.2) is 18.1 Å². The molecule has 104 valence electrons. The molecule has 0 aliphatic rings. The van der Waals surface area contributed by atoms with Gasteiger partial charge >= 0.3 is 0 Å². The number of phenolic OH excluding ortho intramolecular Hbond substituents is 1. The quantitative estimate of drug-likeness (QED) is 0.912. The second kappa shape index (κ2) is 5.79. The lowest BCUT2D eigenvalue weighted by Gasteiger charge is -2.11. The van der Waals surface area contributed by atoms with E-state index >= 15 is 0 Å². The first kappa shape index (κ1) is 14.1. The van der Waals surface area contributed by atoms with Crippen molar-refractivity contribution in [1.82, 2.24) is 0 Å². The fraction of sp³-hybridized carbons (Fsp3) is 0.0714. The molecule has 0 aliphatic carbocycles. The van der Waals surface area contributed by atoms with Crippen molar-refractivity contribution in [3.05, 3.63) is 52.8 Å². The summed E-state index contributed by atoms with van der Waals surface area (Å²) >= 11 is 5.82. The minimum absolute atomic E-state index is 0.0383. The number of carbonyl (C=O) groups is 1. The minimum Gasteiger partial charge on any atom is -0.504 e. The molecule has 6 heteroatoms. The maximum atomic E-state index is 13.6. The highest BCUT2D eigenvalue weighted by atomic mass is 35.5. The number of nitrogens with one attached hydrogen (secondary N) is 1. The molecule has 1 amide bonds. The molecule has 0 unspecified atom stereocenters. The van der Waals surface area contributed by atoms with Crippen molar-refractivity contribution in [2.45, 2.75) is 0 Å². The molecule has 0 aliphatic heterocycles. The second-order valence-electron chi connectivity index (χ2n) is 3.91. The number of hydrogen-bond acceptors (Lipinski definition) is 3. The van der Waals surface area contributed by atoms with Crippen LogP contribution in [0.2, 0.25) is 5.02 Å². The third kappa shape index (κ3) is 2.67. The molecule has 0 radical (unpaired) electrons. The van der Waals surface area contributed by atoms with Crippen LogP contribution in [0.3, 0.4) is 0 Å². The summed E-state index contributed by atoms with van der Waals surface area (Å²) in [6.07, 6.45) is 0. The highest BCUT2D eigenvalue weighted by molar-refractivity contribution is 6.34. The van der Waals surface area contributed by atoms with Crippen LogP contribution in [-0.2, 0) is 0 Å². The van der Waals surface area contributed by atoms with Crippen molar-refractivity contribution in [3.63, 3.8) is 0 Å². The average molecular weight is 296 g/mol. The van der Waals surface area contributed by atoms with E-state index < -0.39 is 11.7 Å². The van der Waals surface area contributed by atoms with Crippen LogP contribution < -0.4 is 10.1 Å². The standard InChI is InChI=1S/C14H11ClFNO3/c1-20-11-7-2-4-8(13(11)18)14(19)17-12-9(15)5-3-6-10(12)16/h2-7,18H,1H3,(H,17,19). The number of ether oxygens (including phenoxy) is 1. The van der Waals surface area contributed by atoms with Crippen molar-refractivity contribution in [2.75, 3.05) is 12.4 Å². The molecule has 2 rings (SSSR count). The molecule has 0 saturated heterocycles. The van der Waals surface area contributed by atoms with E-state index in [0.29, 0.717) is 0 Å². The lowest BCUT2D eigenvalue weighted by molar-refractivity contribution is 0.102. The monoisotopic (exact) mass is 295 g/mol. The predicted octanol–water partition coefficient (Wildman–Crippen LogP) is 3.45. The largest absolute Gasteiger partial charge is 0.504 e. The molecular formula is C14H11ClFNO3. The normalized spacial score (nSPS) is 10.2. The Hall–Kier alpha value is -2.27. The molecule has 20 heavy (non-hydrogen) atoms. The van der Waals surface area contributed by atoms with E-state index in [1.165, 1.54) is 43.5 Å². The van der Waals surface area contributed by atoms with Crippen molar-refractivity contribution in [2.24, 2.45) is 0 Å². The van der Waals surface area contributed by atoms with Crippen molar-refractivity contribution in [1.29, 1.82) is 0 Å². The van der Waals surface area contributed by atoms with E-state index in [0.717, 1.165) is 0 Å². The number of amides is 1. The summed E-state index contributed by atoms with van der Waals surface area (Å²) in [7, 11) is 1.37. The Morgan fingerprint density at radius 2 is 2.00 bits per heavy atom. The molecule has 0 atom stereocenters. The molecule has 0 aromatic heterocycles. The third-order valence-corrected chi connectivity index (χ3v) is 2.98. The summed E-state index contributed by atoms with van der Waals surface area (Å²) in [5, 5.41) is 12.3. The van der Waals surface area contributed by atoms with Gasteiger partial charge in [0.25, 0.3) is 5.91 Å². The first-order valence-electron chi connectivity index (χ1n) is 5.66. The summed E-state index contributed by atoms with van der Waals surface area (Å²) in [6, 6.07) is 8.48. The molecule has 0 fully saturated rings. The van der Waals surface area contributed by atoms with Gasteiger partial charge in [-0.15, -0.1) is 0 Å². The maximum absolute atomic E-state index is 13.6. The molecule has 0 spiro atoms. The van der Waals surface area contributed by atoms with Gasteiger partial charge in [0.2, 0.25) is 0 Å². The summed E-state index contributed by atoms with van der Waals surface area (Å²) in [5.41, 5.74) is -0.176. The van der Waals surface area contributed by atoms with Crippen molar-refractivity contribution < 1.29 is 19.0 Å². The third-order valence-electron chi connectivity index (χ3n) is 2.66. The van der Waals surface area contributed by atoms with E-state index in [-0.39, 0.29) is 27.8 Å². The number of phenols is 1. The molecule has 4 nitrogen and oxygen atoms in total. The molecular weight excluding hydrogens is 285 g/mol. The number of para-hydroxylation sites is 2. The van der Waals surface area contributed by atoms with Gasteiger partial charge in [-0.3, -0.25) is 4.79 Å². The molecule has 0 saturated carbocycles. The van der Waals surface area contributed by atoms with Gasteiger partial charge in [-0.2, -0.15) is 0 Å². The lowest BCUT2D eigenvalue weighted by atomic mass is 10.1. The van der Waals surface area contributed by atoms with Gasteiger partial charge in [0, 0.05) is 0 Å². The zero-order valence-electron chi connectivity index (χ0n) is 10.5. The Bertz CT molecular complexity index is 641. The van der Waals surface area contributed by atoms with Crippen molar-refractivity contribution in [3.8, 4) is 11.5 Å². The first-order valence-corrected chi connectivity index (χ1v) is 6.03. The number of anilines is 1. The van der Waals surface area contributed by atoms with Gasteiger partial charge < -0.3 is 15.2 Å². The van der Waals surface area contributed by atoms with Crippen LogP contribution in [0.15, 0.2) is 36.4 Å². The van der Waals surface area contributed by atoms with Gasteiger partial charge in [0.15, 0.2) is 11.5 Å². The molecule has 2 aromatic rings. The molecule has 2 aromatic carbocycles. The smallest absolute Gasteiger partial charge is 0.259 e. The molecule has 2 N–H and O–H groups in total. The van der Waals surface area contributed by atoms with E-state index in [1.807, 2.05) is 0 Å². The SMILES string of the molecule is COc1cccc(C(=O)Nc2c(F)cccc2Cl)c1O. The Morgan fingerprint density at radius 3 is 2.65 bits per heavy atom. The van der Waals surface area contributed by atoms with Crippen LogP contribution in [0, 0.1) is 5.82 Å². The Labute approximate surface area is 119 Å². The molecule has 0 bridgehead atoms.